The van der Waals surface area contributed by atoms with Gasteiger partial charge in [0.25, 0.3) is 0 Å². The van der Waals surface area contributed by atoms with E-state index in [1.54, 1.807) is 7.85 Å². The number of rotatable bonds is 9. The second kappa shape index (κ2) is 9.15. The highest BCUT2D eigenvalue weighted by atomic mass is 31.2. The van der Waals surface area contributed by atoms with Crippen molar-refractivity contribution in [3.63, 3.8) is 0 Å². The average Bonchev–Trinajstić information content (AvgIpc) is 2.66. The average molecular weight is 337 g/mol. The minimum Gasteiger partial charge on any atom is -0.387 e. The number of ether oxygens (including phenoxy) is 3. The first kappa shape index (κ1) is 19.8. The summed E-state index contributed by atoms with van der Waals surface area (Å²) in [5.41, 5.74) is 0. The van der Waals surface area contributed by atoms with Gasteiger partial charge in [-0.1, -0.05) is 0 Å². The Balaban J connectivity index is 2.32. The van der Waals surface area contributed by atoms with Crippen molar-refractivity contribution in [2.75, 3.05) is 40.5 Å². The summed E-state index contributed by atoms with van der Waals surface area (Å²) in [6, 6.07) is -0.372. The van der Waals surface area contributed by atoms with Crippen molar-refractivity contribution in [1.29, 1.82) is 0 Å². The van der Waals surface area contributed by atoms with E-state index in [2.05, 4.69) is 0 Å². The van der Waals surface area contributed by atoms with Gasteiger partial charge in [0.15, 0.2) is 0 Å². The first-order valence-corrected chi connectivity index (χ1v) is 8.81. The molecule has 0 bridgehead atoms. The third-order valence-corrected chi connectivity index (χ3v) is 3.76. The fraction of sp³-hybridized carbons (Fsp3) is 0.833. The molecule has 3 N–H and O–H groups in total. The smallest absolute Gasteiger partial charge is 0.348 e. The number of likely N-dealkylation sites (N-methyl/N-ethyl adjacent to an activating group) is 1. The zero-order valence-electron chi connectivity index (χ0n) is 13.2. The molecule has 0 aromatic heterocycles. The van der Waals surface area contributed by atoms with E-state index >= 15 is 0 Å². The summed E-state index contributed by atoms with van der Waals surface area (Å²) < 4.78 is 27.2. The minimum absolute atomic E-state index is 0.317. The number of aliphatic hydroxyl groups excluding tert-OH is 1. The number of nitrogens with zero attached hydrogens (tertiary/aromatic N) is 1. The third kappa shape index (κ3) is 7.35. The predicted octanol–water partition coefficient (Wildman–Crippen LogP) is -1.64. The Kier molecular flexibility index (Phi) is 8.23. The van der Waals surface area contributed by atoms with Gasteiger partial charge in [0.2, 0.25) is 0 Å². The third-order valence-electron chi connectivity index (χ3n) is 3.20. The molecule has 1 aliphatic rings. The number of aliphatic hydroxyl groups is 1. The van der Waals surface area contributed by atoms with E-state index in [1.165, 1.54) is 6.08 Å². The summed E-state index contributed by atoms with van der Waals surface area (Å²) in [5.74, 6) is 0.736. The summed E-state index contributed by atoms with van der Waals surface area (Å²) in [6.45, 7) is 2.15. The lowest BCUT2D eigenvalue weighted by Gasteiger charge is -2.18. The highest BCUT2D eigenvalue weighted by Gasteiger charge is 2.40. The molecule has 0 aliphatic carbocycles. The van der Waals surface area contributed by atoms with E-state index < -0.39 is 25.9 Å². The van der Waals surface area contributed by atoms with Gasteiger partial charge in [-0.15, -0.1) is 0 Å². The van der Waals surface area contributed by atoms with E-state index in [0.717, 1.165) is 12.4 Å². The minimum atomic E-state index is -4.26. The van der Waals surface area contributed by atoms with Crippen molar-refractivity contribution in [3.05, 3.63) is 11.9 Å². The molecule has 0 aromatic carbocycles. The van der Waals surface area contributed by atoms with E-state index in [-0.39, 0.29) is 6.00 Å². The lowest BCUT2D eigenvalue weighted by Crippen LogP contribution is -2.36. The summed E-state index contributed by atoms with van der Waals surface area (Å²) in [7, 11) is 1.39. The first-order valence-electron chi connectivity index (χ1n) is 7.13. The second-order valence-electron chi connectivity index (χ2n) is 5.48. The van der Waals surface area contributed by atoms with Gasteiger partial charge in [-0.25, -0.2) is 0 Å². The Labute approximate surface area is 131 Å². The Morgan fingerprint density at radius 1 is 1.32 bits per heavy atom. The van der Waals surface area contributed by atoms with Crippen LogP contribution in [0, 0.1) is 0 Å². The Morgan fingerprint density at radius 3 is 2.59 bits per heavy atom. The standard InChI is InChI=1S/C12H25BNO7P/c1-14(2)4-5-19-6-7-20-11-10(15)9(21-12(11)13)3-8-22(16,17)18/h3,8-12,15H,4-7,13H2,1-2H3,(H2,16,17,18)/b8-3+/t9-,10?,11?,12-/m1/s1. The van der Waals surface area contributed by atoms with E-state index in [9.17, 15) is 9.67 Å². The highest BCUT2D eigenvalue weighted by Crippen LogP contribution is 2.37. The molecule has 10 heteroatoms. The maximum atomic E-state index is 10.8. The zero-order chi connectivity index (χ0) is 16.8. The lowest BCUT2D eigenvalue weighted by atomic mass is 9.93. The Morgan fingerprint density at radius 2 is 2.00 bits per heavy atom. The van der Waals surface area contributed by atoms with Crippen LogP contribution >= 0.6 is 7.60 Å². The van der Waals surface area contributed by atoms with Crippen molar-refractivity contribution >= 4 is 15.4 Å². The molecule has 4 atom stereocenters. The molecule has 8 nitrogen and oxygen atoms in total. The molecule has 1 heterocycles. The molecule has 0 radical (unpaired) electrons. The molecule has 0 amide bonds. The van der Waals surface area contributed by atoms with Crippen LogP contribution in [-0.4, -0.2) is 92.4 Å². The lowest BCUT2D eigenvalue weighted by molar-refractivity contribution is -0.0431. The Bertz CT molecular complexity index is 403. The molecule has 2 unspecified atom stereocenters. The fourth-order valence-electron chi connectivity index (χ4n) is 2.05. The van der Waals surface area contributed by atoms with Crippen LogP contribution in [-0.2, 0) is 18.8 Å². The van der Waals surface area contributed by atoms with Crippen LogP contribution in [0.15, 0.2) is 11.9 Å². The van der Waals surface area contributed by atoms with E-state index in [1.807, 2.05) is 19.0 Å². The largest absolute Gasteiger partial charge is 0.387 e. The molecular formula is C12H25BNO7P. The molecule has 1 fully saturated rings. The van der Waals surface area contributed by atoms with Crippen molar-refractivity contribution in [2.24, 2.45) is 0 Å². The van der Waals surface area contributed by atoms with Gasteiger partial charge < -0.3 is 34.0 Å². The van der Waals surface area contributed by atoms with Crippen molar-refractivity contribution in [3.8, 4) is 0 Å². The summed E-state index contributed by atoms with van der Waals surface area (Å²) in [5, 5.41) is 10.1. The summed E-state index contributed by atoms with van der Waals surface area (Å²) in [4.78, 5) is 19.6. The highest BCUT2D eigenvalue weighted by molar-refractivity contribution is 7.55. The molecule has 128 valence electrons. The molecule has 1 aliphatic heterocycles. The summed E-state index contributed by atoms with van der Waals surface area (Å²) >= 11 is 0. The summed E-state index contributed by atoms with van der Waals surface area (Å²) in [6.07, 6.45) is -1.13. The van der Waals surface area contributed by atoms with Gasteiger partial charge in [0, 0.05) is 12.4 Å². The van der Waals surface area contributed by atoms with Gasteiger partial charge in [-0.05, 0) is 20.2 Å². The quantitative estimate of drug-likeness (QED) is 0.261. The monoisotopic (exact) mass is 337 g/mol. The SMILES string of the molecule is B[C@@H]1O[C@H](/C=C/P(=O)(O)O)C(O)C1OCCOCCN(C)C. The fourth-order valence-corrected chi connectivity index (χ4v) is 2.45. The molecule has 1 saturated heterocycles. The van der Waals surface area contributed by atoms with Crippen molar-refractivity contribution in [2.45, 2.75) is 24.3 Å². The maximum Gasteiger partial charge on any atom is 0.348 e. The van der Waals surface area contributed by atoms with Gasteiger partial charge >= 0.3 is 7.60 Å². The molecule has 0 saturated carbocycles. The molecular weight excluding hydrogens is 312 g/mol. The number of hydrogen-bond donors (Lipinski definition) is 3. The topological polar surface area (TPSA) is 109 Å². The van der Waals surface area contributed by atoms with Crippen LogP contribution < -0.4 is 0 Å². The Hall–Kier alpha value is -0.245. The van der Waals surface area contributed by atoms with Gasteiger partial charge in [-0.3, -0.25) is 4.57 Å². The van der Waals surface area contributed by atoms with Crippen molar-refractivity contribution in [1.82, 2.24) is 4.90 Å². The van der Waals surface area contributed by atoms with Gasteiger partial charge in [0.05, 0.1) is 25.8 Å². The van der Waals surface area contributed by atoms with E-state index in [4.69, 9.17) is 24.0 Å². The zero-order valence-corrected chi connectivity index (χ0v) is 14.1. The van der Waals surface area contributed by atoms with Crippen LogP contribution in [0.25, 0.3) is 0 Å². The molecule has 0 aromatic rings. The normalized spacial score (nSPS) is 29.7. The molecule has 0 spiro atoms. The molecule has 22 heavy (non-hydrogen) atoms. The first-order chi connectivity index (χ1) is 10.2. The molecule has 1 rings (SSSR count). The van der Waals surface area contributed by atoms with Crippen molar-refractivity contribution < 1.29 is 33.7 Å². The second-order valence-corrected chi connectivity index (χ2v) is 6.95. The van der Waals surface area contributed by atoms with Crippen LogP contribution in [0.1, 0.15) is 0 Å². The van der Waals surface area contributed by atoms with E-state index in [0.29, 0.717) is 19.8 Å². The van der Waals surface area contributed by atoms with Crippen LogP contribution in [0.2, 0.25) is 0 Å². The maximum absolute atomic E-state index is 10.8. The predicted molar refractivity (Wildman–Crippen MR) is 83.5 cm³/mol. The van der Waals surface area contributed by atoms with Crippen LogP contribution in [0.3, 0.4) is 0 Å². The van der Waals surface area contributed by atoms with Crippen LogP contribution in [0.5, 0.6) is 0 Å². The number of hydrogen-bond acceptors (Lipinski definition) is 6. The van der Waals surface area contributed by atoms with Gasteiger partial charge in [0.1, 0.15) is 26.2 Å². The van der Waals surface area contributed by atoms with Gasteiger partial charge in [-0.2, -0.15) is 0 Å². The van der Waals surface area contributed by atoms with Crippen LogP contribution in [0.4, 0.5) is 0 Å².